The van der Waals surface area contributed by atoms with Crippen LogP contribution in [0.3, 0.4) is 0 Å². The summed E-state index contributed by atoms with van der Waals surface area (Å²) in [6, 6.07) is 7.79. The summed E-state index contributed by atoms with van der Waals surface area (Å²) in [6.07, 6.45) is 6.21. The van der Waals surface area contributed by atoms with Crippen LogP contribution in [0.15, 0.2) is 24.3 Å². The second kappa shape index (κ2) is 4.05. The van der Waals surface area contributed by atoms with Crippen LogP contribution in [-0.2, 0) is 0 Å². The molecule has 1 fully saturated rings. The number of H-pyrrole nitrogens is 1. The minimum absolute atomic E-state index is 0.153. The molecule has 3 nitrogen and oxygen atoms in total. The lowest BCUT2D eigenvalue weighted by molar-refractivity contribution is 0.104. The predicted molar refractivity (Wildman–Crippen MR) is 73.3 cm³/mol. The fourth-order valence-corrected chi connectivity index (χ4v) is 3.49. The maximum absolute atomic E-state index is 12.6. The lowest BCUT2D eigenvalue weighted by Gasteiger charge is -2.20. The molecule has 19 heavy (non-hydrogen) atoms. The number of carbonyl (C=O) groups excluding carboxylic acids is 1. The normalized spacial score (nSPS) is 18.4. The van der Waals surface area contributed by atoms with Crippen LogP contribution < -0.4 is 0 Å². The van der Waals surface area contributed by atoms with Crippen LogP contribution in [0.4, 0.5) is 0 Å². The average molecular weight is 252 g/mol. The number of nitrogens with one attached hydrogen (secondary N) is 1. The molecule has 0 bridgehead atoms. The highest BCUT2D eigenvalue weighted by atomic mass is 16.1. The van der Waals surface area contributed by atoms with E-state index in [0.29, 0.717) is 5.92 Å². The summed E-state index contributed by atoms with van der Waals surface area (Å²) in [4.78, 5) is 12.6. The molecule has 2 aliphatic carbocycles. The van der Waals surface area contributed by atoms with Crippen molar-refractivity contribution < 1.29 is 4.79 Å². The van der Waals surface area contributed by atoms with Crippen LogP contribution in [0.25, 0.3) is 11.3 Å². The molecule has 3 heteroatoms. The number of aromatic amines is 1. The van der Waals surface area contributed by atoms with Crippen molar-refractivity contribution in [2.24, 2.45) is 0 Å². The number of rotatable bonds is 1. The zero-order valence-corrected chi connectivity index (χ0v) is 10.8. The molecule has 0 amide bonds. The molecule has 2 aromatic rings. The van der Waals surface area contributed by atoms with Gasteiger partial charge in [0, 0.05) is 17.0 Å². The molecule has 1 heterocycles. The molecule has 96 valence electrons. The van der Waals surface area contributed by atoms with E-state index in [1.54, 1.807) is 0 Å². The van der Waals surface area contributed by atoms with Crippen molar-refractivity contribution in [2.75, 3.05) is 0 Å². The van der Waals surface area contributed by atoms with Crippen LogP contribution in [0.2, 0.25) is 0 Å². The second-order valence-corrected chi connectivity index (χ2v) is 5.57. The topological polar surface area (TPSA) is 45.8 Å². The van der Waals surface area contributed by atoms with E-state index in [4.69, 9.17) is 0 Å². The first-order chi connectivity index (χ1) is 9.36. The van der Waals surface area contributed by atoms with Gasteiger partial charge in [0.2, 0.25) is 0 Å². The molecule has 0 spiro atoms. The molecule has 4 rings (SSSR count). The SMILES string of the molecule is O=C1c2ccccc2-c2n[nH]c(C3CCCCC3)c21. The number of ketones is 1. The maximum Gasteiger partial charge on any atom is 0.197 e. The third kappa shape index (κ3) is 1.51. The minimum Gasteiger partial charge on any atom is -0.288 e. The van der Waals surface area contributed by atoms with Crippen molar-refractivity contribution in [3.05, 3.63) is 41.1 Å². The van der Waals surface area contributed by atoms with Gasteiger partial charge in [-0.2, -0.15) is 5.10 Å². The van der Waals surface area contributed by atoms with Crippen LogP contribution in [0, 0.1) is 0 Å². The van der Waals surface area contributed by atoms with Gasteiger partial charge in [-0.1, -0.05) is 43.5 Å². The molecular formula is C16H16N2O. The molecule has 0 saturated heterocycles. The Kier molecular flexibility index (Phi) is 2.34. The van der Waals surface area contributed by atoms with Crippen LogP contribution in [0.1, 0.15) is 59.6 Å². The van der Waals surface area contributed by atoms with Gasteiger partial charge in [-0.15, -0.1) is 0 Å². The zero-order valence-electron chi connectivity index (χ0n) is 10.8. The highest BCUT2D eigenvalue weighted by Gasteiger charge is 2.34. The molecule has 1 saturated carbocycles. The van der Waals surface area contributed by atoms with E-state index >= 15 is 0 Å². The van der Waals surface area contributed by atoms with E-state index in [1.807, 2.05) is 24.3 Å². The Morgan fingerprint density at radius 2 is 1.79 bits per heavy atom. The first-order valence-electron chi connectivity index (χ1n) is 7.08. The summed E-state index contributed by atoms with van der Waals surface area (Å²) in [5.41, 5.74) is 4.58. The lowest BCUT2D eigenvalue weighted by Crippen LogP contribution is -2.09. The van der Waals surface area contributed by atoms with Crippen LogP contribution >= 0.6 is 0 Å². The van der Waals surface area contributed by atoms with Gasteiger partial charge in [-0.05, 0) is 12.8 Å². The van der Waals surface area contributed by atoms with Gasteiger partial charge < -0.3 is 0 Å². The van der Waals surface area contributed by atoms with Crippen molar-refractivity contribution >= 4 is 5.78 Å². The number of aromatic nitrogens is 2. The van der Waals surface area contributed by atoms with Crippen LogP contribution in [0.5, 0.6) is 0 Å². The van der Waals surface area contributed by atoms with E-state index < -0.39 is 0 Å². The lowest BCUT2D eigenvalue weighted by atomic mass is 9.85. The van der Waals surface area contributed by atoms with Crippen LogP contribution in [-0.4, -0.2) is 16.0 Å². The number of fused-ring (bicyclic) bond motifs is 3. The first-order valence-corrected chi connectivity index (χ1v) is 7.08. The highest BCUT2D eigenvalue weighted by molar-refractivity contribution is 6.21. The average Bonchev–Trinajstić information content (AvgIpc) is 3.02. The Morgan fingerprint density at radius 1 is 1.05 bits per heavy atom. The van der Waals surface area contributed by atoms with E-state index in [9.17, 15) is 4.79 Å². The largest absolute Gasteiger partial charge is 0.288 e. The summed E-state index contributed by atoms with van der Waals surface area (Å²) in [6.45, 7) is 0. The molecule has 2 aliphatic rings. The number of hydrogen-bond acceptors (Lipinski definition) is 2. The predicted octanol–water partition coefficient (Wildman–Crippen LogP) is 3.67. The monoisotopic (exact) mass is 252 g/mol. The molecule has 1 aromatic carbocycles. The fourth-order valence-electron chi connectivity index (χ4n) is 3.49. The number of benzene rings is 1. The highest BCUT2D eigenvalue weighted by Crippen LogP contribution is 2.41. The van der Waals surface area contributed by atoms with Gasteiger partial charge in [0.25, 0.3) is 0 Å². The van der Waals surface area contributed by atoms with Crippen molar-refractivity contribution in [3.8, 4) is 11.3 Å². The maximum atomic E-state index is 12.6. The van der Waals surface area contributed by atoms with E-state index in [-0.39, 0.29) is 5.78 Å². The summed E-state index contributed by atoms with van der Waals surface area (Å²) >= 11 is 0. The molecule has 0 unspecified atom stereocenters. The third-order valence-corrected chi connectivity index (χ3v) is 4.46. The third-order valence-electron chi connectivity index (χ3n) is 4.46. The molecule has 0 atom stereocenters. The van der Waals surface area contributed by atoms with Crippen molar-refractivity contribution in [3.63, 3.8) is 0 Å². The fraction of sp³-hybridized carbons (Fsp3) is 0.375. The van der Waals surface area contributed by atoms with Gasteiger partial charge in [0.1, 0.15) is 5.69 Å². The van der Waals surface area contributed by atoms with Gasteiger partial charge in [-0.25, -0.2) is 0 Å². The van der Waals surface area contributed by atoms with Gasteiger partial charge >= 0.3 is 0 Å². The van der Waals surface area contributed by atoms with E-state index in [0.717, 1.165) is 28.1 Å². The molecular weight excluding hydrogens is 236 g/mol. The van der Waals surface area contributed by atoms with E-state index in [1.165, 1.54) is 32.1 Å². The Hall–Kier alpha value is -1.90. The summed E-state index contributed by atoms with van der Waals surface area (Å²) in [7, 11) is 0. The first kappa shape index (κ1) is 11.0. The number of hydrogen-bond donors (Lipinski definition) is 1. The number of carbonyl (C=O) groups is 1. The minimum atomic E-state index is 0.153. The summed E-state index contributed by atoms with van der Waals surface area (Å²) < 4.78 is 0. The number of nitrogens with zero attached hydrogens (tertiary/aromatic N) is 1. The Bertz CT molecular complexity index is 651. The summed E-state index contributed by atoms with van der Waals surface area (Å²) in [5, 5.41) is 7.56. The van der Waals surface area contributed by atoms with Crippen molar-refractivity contribution in [1.82, 2.24) is 10.2 Å². The Labute approximate surface area is 112 Å². The molecule has 1 aromatic heterocycles. The van der Waals surface area contributed by atoms with E-state index in [2.05, 4.69) is 10.2 Å². The smallest absolute Gasteiger partial charge is 0.197 e. The Balaban J connectivity index is 1.83. The summed E-state index contributed by atoms with van der Waals surface area (Å²) in [5.74, 6) is 0.642. The van der Waals surface area contributed by atoms with Gasteiger partial charge in [0.05, 0.1) is 11.3 Å². The molecule has 1 N–H and O–H groups in total. The molecule has 0 aliphatic heterocycles. The zero-order chi connectivity index (χ0) is 12.8. The van der Waals surface area contributed by atoms with Crippen molar-refractivity contribution in [2.45, 2.75) is 38.0 Å². The Morgan fingerprint density at radius 3 is 2.58 bits per heavy atom. The second-order valence-electron chi connectivity index (χ2n) is 5.57. The van der Waals surface area contributed by atoms with Gasteiger partial charge in [0.15, 0.2) is 5.78 Å². The van der Waals surface area contributed by atoms with Crippen molar-refractivity contribution in [1.29, 1.82) is 0 Å². The standard InChI is InChI=1S/C16H16N2O/c19-16-12-9-5-4-8-11(12)15-13(16)14(17-18-15)10-6-2-1-3-7-10/h4-5,8-10H,1-3,6-7H2,(H,17,18). The van der Waals surface area contributed by atoms with Gasteiger partial charge in [-0.3, -0.25) is 9.89 Å². The molecule has 0 radical (unpaired) electrons. The quantitative estimate of drug-likeness (QED) is 0.718.